The van der Waals surface area contributed by atoms with Crippen LogP contribution in [0.4, 0.5) is 9.59 Å². The van der Waals surface area contributed by atoms with Crippen LogP contribution in [-0.2, 0) is 4.74 Å². The zero-order valence-corrected chi connectivity index (χ0v) is 25.3. The Labute approximate surface area is 280 Å². The van der Waals surface area contributed by atoms with Gasteiger partial charge in [0.1, 0.15) is 29.1 Å². The molecule has 0 spiro atoms. The zero-order chi connectivity index (χ0) is 34.5. The van der Waals surface area contributed by atoms with Crippen molar-refractivity contribution in [1.82, 2.24) is 0 Å². The summed E-state index contributed by atoms with van der Waals surface area (Å²) in [4.78, 5) is 52.3. The number of nitriles is 1. The minimum Gasteiger partial charge on any atom is -0.449 e. The van der Waals surface area contributed by atoms with Gasteiger partial charge in [0.15, 0.2) is 0 Å². The highest BCUT2D eigenvalue weighted by Crippen LogP contribution is 2.59. The summed E-state index contributed by atoms with van der Waals surface area (Å²) in [6, 6.07) is 15.0. The molecule has 0 saturated carbocycles. The molecule has 0 aliphatic carbocycles. The topological polar surface area (TPSA) is 163 Å². The second-order valence-electron chi connectivity index (χ2n) is 8.31. The normalized spacial score (nSPS) is 11.3. The largest absolute Gasteiger partial charge is 0.528 e. The van der Waals surface area contributed by atoms with Gasteiger partial charge in [-0.1, -0.05) is 23.5 Å². The Morgan fingerprint density at radius 3 is 1.71 bits per heavy atom. The van der Waals surface area contributed by atoms with Crippen LogP contribution >= 0.6 is 23.5 Å². The van der Waals surface area contributed by atoms with Crippen LogP contribution in [0.1, 0.15) is 20.7 Å². The molecule has 12 nitrogen and oxygen atoms in total. The first kappa shape index (κ1) is 33.7. The lowest BCUT2D eigenvalue weighted by Gasteiger charge is -2.12. The van der Waals surface area contributed by atoms with Gasteiger partial charge in [-0.25, -0.2) is 29.3 Å². The Hall–Kier alpha value is -7.20. The maximum Gasteiger partial charge on any atom is 0.528 e. The van der Waals surface area contributed by atoms with E-state index in [1.165, 1.54) is 60.7 Å². The molecule has 1 aliphatic rings. The molecule has 0 bridgehead atoms. The summed E-state index contributed by atoms with van der Waals surface area (Å²) in [5.41, 5.74) is -0.0663. The van der Waals surface area contributed by atoms with Crippen molar-refractivity contribution in [2.45, 2.75) is 9.79 Å². The molecule has 0 saturated heterocycles. The quantitative estimate of drug-likeness (QED) is 0.0798. The Morgan fingerprint density at radius 1 is 0.729 bits per heavy atom. The van der Waals surface area contributed by atoms with Gasteiger partial charge < -0.3 is 28.8 Å². The van der Waals surface area contributed by atoms with E-state index in [9.17, 15) is 24.4 Å². The van der Waals surface area contributed by atoms with Crippen molar-refractivity contribution in [3.63, 3.8) is 0 Å². The van der Waals surface area contributed by atoms with Gasteiger partial charge in [-0.05, 0) is 78.4 Å². The number of carbonyl (C=O) groups is 4. The van der Waals surface area contributed by atoms with E-state index in [1.807, 2.05) is 12.2 Å². The predicted molar refractivity (Wildman–Crippen MR) is 168 cm³/mol. The lowest BCUT2D eigenvalue weighted by Crippen LogP contribution is -2.11. The van der Waals surface area contributed by atoms with Gasteiger partial charge in [0.25, 0.3) is 5.70 Å². The number of fused-ring (bicyclic) bond motifs is 1. The molecule has 48 heavy (non-hydrogen) atoms. The summed E-state index contributed by atoms with van der Waals surface area (Å²) in [5.74, 6) is 12.0. The Bertz CT molecular complexity index is 2170. The van der Waals surface area contributed by atoms with Gasteiger partial charge in [0, 0.05) is 17.8 Å². The number of carboxylic acid groups (broad SMARTS) is 1. The van der Waals surface area contributed by atoms with Gasteiger partial charge >= 0.3 is 24.2 Å². The monoisotopic (exact) mass is 672 g/mol. The van der Waals surface area contributed by atoms with Crippen LogP contribution in [0, 0.1) is 66.0 Å². The summed E-state index contributed by atoms with van der Waals surface area (Å²) in [6.45, 7) is 7.32. The molecule has 1 aliphatic heterocycles. The number of terminal acetylenes is 1. The molecule has 0 fully saturated rings. The van der Waals surface area contributed by atoms with Crippen molar-refractivity contribution in [2.75, 3.05) is 0 Å². The van der Waals surface area contributed by atoms with Gasteiger partial charge in [0.05, 0.1) is 37.8 Å². The van der Waals surface area contributed by atoms with Crippen molar-refractivity contribution in [2.24, 2.45) is 0 Å². The summed E-state index contributed by atoms with van der Waals surface area (Å²) in [6.07, 6.45) is 4.30. The van der Waals surface area contributed by atoms with E-state index in [-0.39, 0.29) is 44.1 Å². The van der Waals surface area contributed by atoms with Gasteiger partial charge in [-0.2, -0.15) is 0 Å². The van der Waals surface area contributed by atoms with Gasteiger partial charge in [-0.3, -0.25) is 0 Å². The first-order valence-electron chi connectivity index (χ1n) is 12.7. The second-order valence-corrected chi connectivity index (χ2v) is 10.6. The third-order valence-corrected chi connectivity index (χ3v) is 7.95. The van der Waals surface area contributed by atoms with Crippen LogP contribution in [-0.4, -0.2) is 29.4 Å². The summed E-state index contributed by atoms with van der Waals surface area (Å²) in [7, 11) is 0. The molecule has 0 aromatic heterocycles. The standard InChI is InChI=1S/C34H12N2O10S2/c1-3-4-5-6-7-8-19-42-34(41)44-24-15-11-22(12-16-24)31(38)46-27-18-17-26(28-29(27)48-32(47-28)25(20-35)36-2)45-30(37)21-9-13-23(14-10-21)43-33(39)40/h1,9-18H,(H,39,40)/b32-25+. The third-order valence-electron chi connectivity index (χ3n) is 5.34. The number of rotatable bonds is 6. The molecule has 0 atom stereocenters. The molecule has 1 N–H and O–H groups in total. The predicted octanol–water partition coefficient (Wildman–Crippen LogP) is 6.11. The molecule has 0 radical (unpaired) electrons. The third kappa shape index (κ3) is 8.93. The van der Waals surface area contributed by atoms with E-state index in [0.717, 1.165) is 23.5 Å². The first-order chi connectivity index (χ1) is 23.2. The number of hydrogen-bond donors (Lipinski definition) is 1. The molecule has 0 amide bonds. The van der Waals surface area contributed by atoms with Crippen molar-refractivity contribution in [1.29, 1.82) is 5.26 Å². The fraction of sp³-hybridized carbons (Fsp3) is 0. The molecule has 4 rings (SSSR count). The van der Waals surface area contributed by atoms with Crippen molar-refractivity contribution < 1.29 is 48.0 Å². The fourth-order valence-electron chi connectivity index (χ4n) is 3.38. The number of ether oxygens (including phenoxy) is 5. The van der Waals surface area contributed by atoms with Crippen molar-refractivity contribution >= 4 is 47.8 Å². The number of benzene rings is 3. The summed E-state index contributed by atoms with van der Waals surface area (Å²) < 4.78 is 25.5. The zero-order valence-electron chi connectivity index (χ0n) is 23.7. The van der Waals surface area contributed by atoms with Crippen LogP contribution in [0.5, 0.6) is 23.0 Å². The van der Waals surface area contributed by atoms with E-state index in [1.54, 1.807) is 0 Å². The first-order valence-corrected chi connectivity index (χ1v) is 14.3. The highest BCUT2D eigenvalue weighted by atomic mass is 32.2. The Morgan fingerprint density at radius 2 is 1.23 bits per heavy atom. The van der Waals surface area contributed by atoms with E-state index in [4.69, 9.17) is 32.3 Å². The Balaban J connectivity index is 1.49. The van der Waals surface area contributed by atoms with E-state index >= 15 is 0 Å². The van der Waals surface area contributed by atoms with Crippen LogP contribution in [0.15, 0.2) is 80.4 Å². The van der Waals surface area contributed by atoms with Gasteiger partial charge in [0.2, 0.25) is 0 Å². The molecule has 230 valence electrons. The molecule has 0 unspecified atom stereocenters. The van der Waals surface area contributed by atoms with E-state index in [0.29, 0.717) is 9.79 Å². The van der Waals surface area contributed by atoms with Crippen LogP contribution in [0.2, 0.25) is 0 Å². The molecular weight excluding hydrogens is 661 g/mol. The fourth-order valence-corrected chi connectivity index (χ4v) is 5.85. The minimum absolute atomic E-state index is 0.00286. The molecule has 3 aromatic rings. The SMILES string of the molecule is [C-]#[N+]/C(C#N)=C1\Sc2c(OC(=O)c3ccc(OC(=O)O)cc3)ccc(OC(=O)c3ccc(OC(=O)OC#CC#CC#CC#C)cc3)c2S1. The van der Waals surface area contributed by atoms with Gasteiger partial charge in [-0.15, -0.1) is 6.42 Å². The number of nitrogens with zero attached hydrogens (tertiary/aromatic N) is 2. The lowest BCUT2D eigenvalue weighted by atomic mass is 10.2. The summed E-state index contributed by atoms with van der Waals surface area (Å²) >= 11 is 1.97. The maximum absolute atomic E-state index is 13.0. The molecule has 14 heteroatoms. The average Bonchev–Trinajstić information content (AvgIpc) is 3.52. The van der Waals surface area contributed by atoms with Crippen LogP contribution in [0.25, 0.3) is 4.85 Å². The summed E-state index contributed by atoms with van der Waals surface area (Å²) in [5, 5.41) is 18.1. The molecule has 3 aromatic carbocycles. The number of thioether (sulfide) groups is 2. The smallest absolute Gasteiger partial charge is 0.449 e. The number of esters is 2. The highest BCUT2D eigenvalue weighted by molar-refractivity contribution is 8.24. The molecule has 1 heterocycles. The van der Waals surface area contributed by atoms with E-state index in [2.05, 4.69) is 49.8 Å². The maximum atomic E-state index is 13.0. The van der Waals surface area contributed by atoms with Crippen LogP contribution in [0.3, 0.4) is 0 Å². The van der Waals surface area contributed by atoms with Crippen molar-refractivity contribution in [3.05, 3.63) is 93.1 Å². The number of carbonyl (C=O) groups excluding carboxylic acids is 3. The average molecular weight is 673 g/mol. The molecular formula is C34H12N2O10S2. The lowest BCUT2D eigenvalue weighted by molar-refractivity contribution is 0.0711. The minimum atomic E-state index is -1.52. The number of allylic oxidation sites excluding steroid dienone is 1. The highest BCUT2D eigenvalue weighted by Gasteiger charge is 2.30. The Kier molecular flexibility index (Phi) is 11.4. The second kappa shape index (κ2) is 16.2. The van der Waals surface area contributed by atoms with E-state index < -0.39 is 24.2 Å². The van der Waals surface area contributed by atoms with Crippen molar-refractivity contribution in [3.8, 4) is 77.1 Å². The van der Waals surface area contributed by atoms with Crippen LogP contribution < -0.4 is 18.9 Å². The number of hydrogen-bond acceptors (Lipinski definition) is 12.